The van der Waals surface area contributed by atoms with E-state index in [9.17, 15) is 9.59 Å². The Morgan fingerprint density at radius 1 is 0.833 bits per heavy atom. The highest BCUT2D eigenvalue weighted by Gasteiger charge is 2.21. The topological polar surface area (TPSA) is 71.1 Å². The molecule has 18 heavy (non-hydrogen) atoms. The van der Waals surface area contributed by atoms with Crippen molar-refractivity contribution < 1.29 is 28.8 Å². The highest BCUT2D eigenvalue weighted by molar-refractivity contribution is 5.77. The molecule has 0 radical (unpaired) electrons. The third-order valence-electron chi connectivity index (χ3n) is 2.01. The fourth-order valence-electron chi connectivity index (χ4n) is 0.943. The van der Waals surface area contributed by atoms with Crippen LogP contribution in [0.5, 0.6) is 0 Å². The van der Waals surface area contributed by atoms with Crippen LogP contribution in [0.2, 0.25) is 0 Å². The van der Waals surface area contributed by atoms with Gasteiger partial charge in [0.2, 0.25) is 0 Å². The van der Waals surface area contributed by atoms with Gasteiger partial charge in [-0.1, -0.05) is 13.8 Å². The van der Waals surface area contributed by atoms with Gasteiger partial charge >= 0.3 is 11.9 Å². The van der Waals surface area contributed by atoms with Gasteiger partial charge in [0.05, 0.1) is 0 Å². The monoisotopic (exact) mass is 262 g/mol. The first kappa shape index (κ1) is 16.9. The summed E-state index contributed by atoms with van der Waals surface area (Å²) >= 11 is 0. The predicted octanol–water partition coefficient (Wildman–Crippen LogP) is 1.62. The molecule has 0 aliphatic heterocycles. The first-order chi connectivity index (χ1) is 8.52. The standard InChI is InChI=1S/C12H22O6/c1-5-7-15-9(3)11(13)17-18-12(14)10(4)16-8-6-2/h9-10H,5-8H2,1-4H3. The van der Waals surface area contributed by atoms with Crippen LogP contribution in [0.4, 0.5) is 0 Å². The van der Waals surface area contributed by atoms with Crippen molar-refractivity contribution in [2.45, 2.75) is 52.7 Å². The maximum Gasteiger partial charge on any atom is 0.383 e. The summed E-state index contributed by atoms with van der Waals surface area (Å²) < 4.78 is 10.2. The van der Waals surface area contributed by atoms with Crippen molar-refractivity contribution in [3.63, 3.8) is 0 Å². The fraction of sp³-hybridized carbons (Fsp3) is 0.833. The Labute approximate surface area is 107 Å². The van der Waals surface area contributed by atoms with Crippen molar-refractivity contribution in [2.75, 3.05) is 13.2 Å². The number of carbonyl (C=O) groups is 2. The fourth-order valence-corrected chi connectivity index (χ4v) is 0.943. The van der Waals surface area contributed by atoms with Gasteiger partial charge in [0.25, 0.3) is 0 Å². The van der Waals surface area contributed by atoms with E-state index in [-0.39, 0.29) is 0 Å². The van der Waals surface area contributed by atoms with Crippen LogP contribution < -0.4 is 0 Å². The van der Waals surface area contributed by atoms with Crippen LogP contribution in [0.25, 0.3) is 0 Å². The molecule has 0 heterocycles. The molecule has 0 saturated carbocycles. The summed E-state index contributed by atoms with van der Waals surface area (Å²) in [6, 6.07) is 0. The lowest BCUT2D eigenvalue weighted by Crippen LogP contribution is -2.29. The largest absolute Gasteiger partial charge is 0.383 e. The van der Waals surface area contributed by atoms with E-state index >= 15 is 0 Å². The van der Waals surface area contributed by atoms with Crippen molar-refractivity contribution in [2.24, 2.45) is 0 Å². The van der Waals surface area contributed by atoms with Crippen molar-refractivity contribution in [3.8, 4) is 0 Å². The summed E-state index contributed by atoms with van der Waals surface area (Å²) in [5.74, 6) is -1.47. The summed E-state index contributed by atoms with van der Waals surface area (Å²) in [6.07, 6.45) is 0.0627. The lowest BCUT2D eigenvalue weighted by Gasteiger charge is -2.12. The molecule has 0 aliphatic carbocycles. The number of carbonyl (C=O) groups excluding carboxylic acids is 2. The molecule has 0 fully saturated rings. The van der Waals surface area contributed by atoms with E-state index in [1.807, 2.05) is 13.8 Å². The lowest BCUT2D eigenvalue weighted by molar-refractivity contribution is -0.270. The molecule has 6 nitrogen and oxygen atoms in total. The normalized spacial score (nSPS) is 13.8. The molecular formula is C12H22O6. The van der Waals surface area contributed by atoms with E-state index in [4.69, 9.17) is 9.47 Å². The van der Waals surface area contributed by atoms with E-state index < -0.39 is 24.1 Å². The van der Waals surface area contributed by atoms with Gasteiger partial charge in [-0.25, -0.2) is 19.4 Å². The second-order valence-electron chi connectivity index (χ2n) is 3.83. The quantitative estimate of drug-likeness (QED) is 0.489. The zero-order chi connectivity index (χ0) is 14.0. The van der Waals surface area contributed by atoms with Crippen LogP contribution in [-0.2, 0) is 28.8 Å². The minimum atomic E-state index is -0.760. The highest BCUT2D eigenvalue weighted by atomic mass is 17.2. The molecule has 0 aromatic rings. The van der Waals surface area contributed by atoms with Crippen LogP contribution in [-0.4, -0.2) is 37.4 Å². The molecule has 0 bridgehead atoms. The van der Waals surface area contributed by atoms with Gasteiger partial charge in [0.15, 0.2) is 12.2 Å². The molecule has 106 valence electrons. The Kier molecular flexibility index (Phi) is 9.22. The van der Waals surface area contributed by atoms with Gasteiger partial charge in [0, 0.05) is 13.2 Å². The number of hydrogen-bond donors (Lipinski definition) is 0. The molecule has 0 aromatic heterocycles. The number of rotatable bonds is 8. The molecule has 0 spiro atoms. The molecule has 0 amide bonds. The number of hydrogen-bond acceptors (Lipinski definition) is 6. The second kappa shape index (κ2) is 9.85. The first-order valence-electron chi connectivity index (χ1n) is 6.18. The van der Waals surface area contributed by atoms with Crippen LogP contribution in [0.1, 0.15) is 40.5 Å². The molecule has 0 aliphatic rings. The molecule has 2 atom stereocenters. The van der Waals surface area contributed by atoms with Gasteiger partial charge < -0.3 is 9.47 Å². The zero-order valence-corrected chi connectivity index (χ0v) is 11.4. The Balaban J connectivity index is 3.86. The third-order valence-corrected chi connectivity index (χ3v) is 2.01. The van der Waals surface area contributed by atoms with Crippen molar-refractivity contribution in [3.05, 3.63) is 0 Å². The smallest absolute Gasteiger partial charge is 0.367 e. The van der Waals surface area contributed by atoms with E-state index in [1.165, 1.54) is 13.8 Å². The van der Waals surface area contributed by atoms with Gasteiger partial charge in [0.1, 0.15) is 0 Å². The van der Waals surface area contributed by atoms with Gasteiger partial charge in [-0.2, -0.15) is 0 Å². The van der Waals surface area contributed by atoms with Gasteiger partial charge in [-0.15, -0.1) is 0 Å². The molecule has 0 aromatic carbocycles. The average Bonchev–Trinajstić information content (AvgIpc) is 2.38. The Morgan fingerprint density at radius 2 is 1.17 bits per heavy atom. The van der Waals surface area contributed by atoms with Crippen molar-refractivity contribution in [1.29, 1.82) is 0 Å². The average molecular weight is 262 g/mol. The molecule has 6 heteroatoms. The Bertz CT molecular complexity index is 227. The molecule has 0 N–H and O–H groups in total. The summed E-state index contributed by atoms with van der Waals surface area (Å²) in [6.45, 7) is 7.79. The minimum Gasteiger partial charge on any atom is -0.367 e. The summed E-state index contributed by atoms with van der Waals surface area (Å²) in [5, 5.41) is 0. The van der Waals surface area contributed by atoms with E-state index in [2.05, 4.69) is 9.78 Å². The highest BCUT2D eigenvalue weighted by Crippen LogP contribution is 2.00. The van der Waals surface area contributed by atoms with Crippen molar-refractivity contribution in [1.82, 2.24) is 0 Å². The van der Waals surface area contributed by atoms with Gasteiger partial charge in [-0.05, 0) is 26.7 Å². The van der Waals surface area contributed by atoms with E-state index in [0.717, 1.165) is 12.8 Å². The SMILES string of the molecule is CCCOC(C)C(=O)OOC(=O)C(C)OCCC. The van der Waals surface area contributed by atoms with Crippen molar-refractivity contribution >= 4 is 11.9 Å². The van der Waals surface area contributed by atoms with E-state index in [0.29, 0.717) is 13.2 Å². The summed E-state index contributed by atoms with van der Waals surface area (Å²) in [7, 11) is 0. The van der Waals surface area contributed by atoms with Crippen LogP contribution in [0, 0.1) is 0 Å². The molecular weight excluding hydrogens is 240 g/mol. The first-order valence-corrected chi connectivity index (χ1v) is 6.18. The molecule has 0 saturated heterocycles. The third kappa shape index (κ3) is 7.24. The maximum atomic E-state index is 11.3. The predicted molar refractivity (Wildman–Crippen MR) is 63.6 cm³/mol. The summed E-state index contributed by atoms with van der Waals surface area (Å²) in [4.78, 5) is 31.4. The molecule has 2 unspecified atom stereocenters. The maximum absolute atomic E-state index is 11.3. The minimum absolute atomic E-state index is 0.445. The van der Waals surface area contributed by atoms with Gasteiger partial charge in [-0.3, -0.25) is 0 Å². The van der Waals surface area contributed by atoms with E-state index in [1.54, 1.807) is 0 Å². The lowest BCUT2D eigenvalue weighted by atomic mass is 10.4. The number of ether oxygens (including phenoxy) is 2. The summed E-state index contributed by atoms with van der Waals surface area (Å²) in [5.41, 5.74) is 0. The Hall–Kier alpha value is -1.14. The zero-order valence-electron chi connectivity index (χ0n) is 11.4. The van der Waals surface area contributed by atoms with Crippen LogP contribution in [0.15, 0.2) is 0 Å². The van der Waals surface area contributed by atoms with Crippen LogP contribution >= 0.6 is 0 Å². The Morgan fingerprint density at radius 3 is 1.44 bits per heavy atom. The second-order valence-corrected chi connectivity index (χ2v) is 3.83. The van der Waals surface area contributed by atoms with Crippen LogP contribution in [0.3, 0.4) is 0 Å². The molecule has 0 rings (SSSR count).